The highest BCUT2D eigenvalue weighted by molar-refractivity contribution is 7.89. The lowest BCUT2D eigenvalue weighted by Gasteiger charge is -2.32. The summed E-state index contributed by atoms with van der Waals surface area (Å²) in [4.78, 5) is 0.297. The van der Waals surface area contributed by atoms with Gasteiger partial charge >= 0.3 is 0 Å². The average molecular weight is 349 g/mol. The van der Waals surface area contributed by atoms with Crippen molar-refractivity contribution in [2.24, 2.45) is 0 Å². The number of benzene rings is 2. The summed E-state index contributed by atoms with van der Waals surface area (Å²) in [5.41, 5.74) is 2.77. The van der Waals surface area contributed by atoms with Crippen molar-refractivity contribution in [2.75, 3.05) is 19.7 Å². The van der Waals surface area contributed by atoms with Crippen molar-refractivity contribution in [2.45, 2.75) is 24.8 Å². The van der Waals surface area contributed by atoms with Crippen molar-refractivity contribution in [3.63, 3.8) is 0 Å². The highest BCUT2D eigenvalue weighted by Crippen LogP contribution is 2.27. The lowest BCUT2D eigenvalue weighted by Crippen LogP contribution is -2.42. The number of sulfonamides is 1. The van der Waals surface area contributed by atoms with Crippen LogP contribution < -0.4 is 0 Å². The van der Waals surface area contributed by atoms with Crippen molar-refractivity contribution in [3.8, 4) is 0 Å². The fourth-order valence-corrected chi connectivity index (χ4v) is 4.26. The third kappa shape index (κ3) is 3.36. The summed E-state index contributed by atoms with van der Waals surface area (Å²) >= 11 is 0. The lowest BCUT2D eigenvalue weighted by atomic mass is 10.1. The molecular formula is C18H20FNO3S. The number of hydrogen-bond donors (Lipinski definition) is 0. The second kappa shape index (κ2) is 6.63. The van der Waals surface area contributed by atoms with Crippen LogP contribution in [0, 0.1) is 19.7 Å². The highest BCUT2D eigenvalue weighted by atomic mass is 32.2. The van der Waals surface area contributed by atoms with Gasteiger partial charge in [-0.15, -0.1) is 0 Å². The number of aryl methyl sites for hydroxylation is 2. The zero-order chi connectivity index (χ0) is 17.3. The molecule has 0 saturated carbocycles. The number of rotatable bonds is 3. The molecule has 0 amide bonds. The Kier molecular flexibility index (Phi) is 4.71. The van der Waals surface area contributed by atoms with Crippen LogP contribution in [-0.4, -0.2) is 32.4 Å². The van der Waals surface area contributed by atoms with Gasteiger partial charge in [-0.05, 0) is 54.8 Å². The molecule has 0 bridgehead atoms. The van der Waals surface area contributed by atoms with Crippen LogP contribution >= 0.6 is 0 Å². The second-order valence-corrected chi connectivity index (χ2v) is 7.96. The maximum atomic E-state index is 13.1. The maximum absolute atomic E-state index is 13.1. The van der Waals surface area contributed by atoms with Crippen molar-refractivity contribution in [1.82, 2.24) is 4.31 Å². The molecule has 0 radical (unpaired) electrons. The number of hydrogen-bond acceptors (Lipinski definition) is 3. The van der Waals surface area contributed by atoms with Crippen molar-refractivity contribution >= 4 is 10.0 Å². The monoisotopic (exact) mass is 349 g/mol. The Morgan fingerprint density at radius 1 is 1.08 bits per heavy atom. The van der Waals surface area contributed by atoms with Crippen LogP contribution in [0.3, 0.4) is 0 Å². The van der Waals surface area contributed by atoms with Crippen LogP contribution in [-0.2, 0) is 14.8 Å². The van der Waals surface area contributed by atoms with E-state index in [4.69, 9.17) is 4.74 Å². The predicted octanol–water partition coefficient (Wildman–Crippen LogP) is 3.20. The predicted molar refractivity (Wildman–Crippen MR) is 89.8 cm³/mol. The van der Waals surface area contributed by atoms with Gasteiger partial charge in [-0.25, -0.2) is 12.8 Å². The van der Waals surface area contributed by atoms with Crippen LogP contribution in [0.2, 0.25) is 0 Å². The smallest absolute Gasteiger partial charge is 0.243 e. The zero-order valence-corrected chi connectivity index (χ0v) is 14.5. The summed E-state index contributed by atoms with van der Waals surface area (Å²) in [7, 11) is -3.57. The van der Waals surface area contributed by atoms with Crippen LogP contribution in [0.5, 0.6) is 0 Å². The fourth-order valence-electron chi connectivity index (χ4n) is 2.75. The van der Waals surface area contributed by atoms with E-state index in [2.05, 4.69) is 0 Å². The largest absolute Gasteiger partial charge is 0.371 e. The third-order valence-electron chi connectivity index (χ3n) is 4.39. The summed E-state index contributed by atoms with van der Waals surface area (Å²) in [6.07, 6.45) is -0.388. The number of ether oxygens (including phenoxy) is 1. The van der Waals surface area contributed by atoms with Crippen molar-refractivity contribution in [3.05, 3.63) is 65.0 Å². The van der Waals surface area contributed by atoms with Gasteiger partial charge < -0.3 is 4.74 Å². The summed E-state index contributed by atoms with van der Waals surface area (Å²) in [6.45, 7) is 4.69. The maximum Gasteiger partial charge on any atom is 0.243 e. The number of morpholine rings is 1. The van der Waals surface area contributed by atoms with Crippen LogP contribution in [0.4, 0.5) is 4.39 Å². The summed E-state index contributed by atoms with van der Waals surface area (Å²) in [5, 5.41) is 0. The van der Waals surface area contributed by atoms with E-state index in [9.17, 15) is 12.8 Å². The first-order valence-corrected chi connectivity index (χ1v) is 9.26. The number of nitrogens with zero attached hydrogens (tertiary/aromatic N) is 1. The molecule has 1 saturated heterocycles. The van der Waals surface area contributed by atoms with E-state index in [1.807, 2.05) is 19.9 Å². The van der Waals surface area contributed by atoms with E-state index in [-0.39, 0.29) is 18.5 Å². The minimum absolute atomic E-state index is 0.223. The number of halogens is 1. The van der Waals surface area contributed by atoms with Crippen molar-refractivity contribution < 1.29 is 17.5 Å². The second-order valence-electron chi connectivity index (χ2n) is 6.02. The Hall–Kier alpha value is -1.76. The van der Waals surface area contributed by atoms with E-state index >= 15 is 0 Å². The van der Waals surface area contributed by atoms with Gasteiger partial charge in [0.1, 0.15) is 5.82 Å². The van der Waals surface area contributed by atoms with E-state index in [0.29, 0.717) is 18.0 Å². The first-order chi connectivity index (χ1) is 11.4. The minimum atomic E-state index is -3.57. The Morgan fingerprint density at radius 3 is 2.46 bits per heavy atom. The molecular weight excluding hydrogens is 329 g/mol. The molecule has 0 aromatic heterocycles. The highest BCUT2D eigenvalue weighted by Gasteiger charge is 2.31. The Balaban J connectivity index is 1.85. The molecule has 3 rings (SSSR count). The van der Waals surface area contributed by atoms with Crippen LogP contribution in [0.25, 0.3) is 0 Å². The average Bonchev–Trinajstić information content (AvgIpc) is 2.58. The molecule has 1 heterocycles. The Labute approximate surface area is 141 Å². The summed E-state index contributed by atoms with van der Waals surface area (Å²) in [6, 6.07) is 11.1. The van der Waals surface area contributed by atoms with E-state index < -0.39 is 10.0 Å². The van der Waals surface area contributed by atoms with Crippen LogP contribution in [0.15, 0.2) is 47.4 Å². The topological polar surface area (TPSA) is 46.6 Å². The van der Waals surface area contributed by atoms with Crippen LogP contribution in [0.1, 0.15) is 22.8 Å². The van der Waals surface area contributed by atoms with Gasteiger partial charge in [0, 0.05) is 13.1 Å². The lowest BCUT2D eigenvalue weighted by molar-refractivity contribution is -0.00258. The summed E-state index contributed by atoms with van der Waals surface area (Å²) < 4.78 is 46.0. The van der Waals surface area contributed by atoms with Gasteiger partial charge in [-0.1, -0.05) is 18.2 Å². The van der Waals surface area contributed by atoms with E-state index in [1.54, 1.807) is 24.3 Å². The molecule has 0 unspecified atom stereocenters. The van der Waals surface area contributed by atoms with Crippen molar-refractivity contribution in [1.29, 1.82) is 0 Å². The quantitative estimate of drug-likeness (QED) is 0.855. The Bertz CT molecular complexity index is 834. The molecule has 1 atom stereocenters. The molecule has 1 fully saturated rings. The zero-order valence-electron chi connectivity index (χ0n) is 13.7. The molecule has 6 heteroatoms. The molecule has 128 valence electrons. The molecule has 0 spiro atoms. The van der Waals surface area contributed by atoms with E-state index in [0.717, 1.165) is 16.7 Å². The molecule has 2 aromatic rings. The van der Waals surface area contributed by atoms with Gasteiger partial charge in [-0.2, -0.15) is 4.31 Å². The third-order valence-corrected chi connectivity index (χ3v) is 6.25. The molecule has 0 aliphatic carbocycles. The van der Waals surface area contributed by atoms with Gasteiger partial charge in [0.15, 0.2) is 0 Å². The van der Waals surface area contributed by atoms with Gasteiger partial charge in [0.2, 0.25) is 10.0 Å². The van der Waals surface area contributed by atoms with E-state index in [1.165, 1.54) is 16.4 Å². The standard InChI is InChI=1S/C18H20FNO3S/c1-13-3-8-17(11-14(13)2)24(21,22)20-9-10-23-18(12-20)15-4-6-16(19)7-5-15/h3-8,11,18H,9-10,12H2,1-2H3/t18-/m1/s1. The first-order valence-electron chi connectivity index (χ1n) is 7.82. The van der Waals surface area contributed by atoms with Gasteiger partial charge in [-0.3, -0.25) is 0 Å². The summed E-state index contributed by atoms with van der Waals surface area (Å²) in [5.74, 6) is -0.325. The molecule has 1 aliphatic rings. The molecule has 4 nitrogen and oxygen atoms in total. The first kappa shape index (κ1) is 17.1. The normalized spacial score (nSPS) is 19.4. The minimum Gasteiger partial charge on any atom is -0.371 e. The van der Waals surface area contributed by atoms with Gasteiger partial charge in [0.05, 0.1) is 17.6 Å². The molecule has 0 N–H and O–H groups in total. The molecule has 1 aliphatic heterocycles. The Morgan fingerprint density at radius 2 is 1.79 bits per heavy atom. The SMILES string of the molecule is Cc1ccc(S(=O)(=O)N2CCO[C@@H](c3ccc(F)cc3)C2)cc1C. The van der Waals surface area contributed by atoms with Gasteiger partial charge in [0.25, 0.3) is 0 Å². The fraction of sp³-hybridized carbons (Fsp3) is 0.333. The molecule has 2 aromatic carbocycles. The molecule has 24 heavy (non-hydrogen) atoms.